The standard InChI is InChI=1S/C23H23N5O2/c29-20-6-2-1-5-17(20)16-13-19-18(21(30)14-16)15-25-23(26-19)28-11-9-27(10-12-28)22-7-3-4-8-24-22/h1-8,15-16,29H,9-14H2/p+1/t16-/m1/s1. The summed E-state index contributed by atoms with van der Waals surface area (Å²) in [6.45, 7) is 3.39. The van der Waals surface area contributed by atoms with E-state index in [4.69, 9.17) is 4.98 Å². The van der Waals surface area contributed by atoms with E-state index in [0.717, 1.165) is 43.3 Å². The van der Waals surface area contributed by atoms with Crippen molar-refractivity contribution in [3.8, 4) is 5.75 Å². The maximum Gasteiger partial charge on any atom is 0.274 e. The third-order valence-corrected chi connectivity index (χ3v) is 6.00. The third kappa shape index (κ3) is 3.47. The van der Waals surface area contributed by atoms with Crippen LogP contribution in [0.5, 0.6) is 5.75 Å². The Hall–Kier alpha value is -3.48. The molecule has 152 valence electrons. The largest absolute Gasteiger partial charge is 0.508 e. The molecule has 2 aromatic heterocycles. The molecule has 3 heterocycles. The lowest BCUT2D eigenvalue weighted by atomic mass is 9.82. The summed E-state index contributed by atoms with van der Waals surface area (Å²) in [5.74, 6) is 2.01. The highest BCUT2D eigenvalue weighted by Crippen LogP contribution is 2.36. The number of nitrogens with one attached hydrogen (secondary N) is 1. The van der Waals surface area contributed by atoms with Crippen LogP contribution in [-0.2, 0) is 6.42 Å². The number of carbonyl (C=O) groups excluding carboxylic acids is 1. The topological polar surface area (TPSA) is 83.7 Å². The fraction of sp³-hybridized carbons (Fsp3) is 0.304. The van der Waals surface area contributed by atoms with Gasteiger partial charge in [-0.3, -0.25) is 9.69 Å². The molecule has 7 nitrogen and oxygen atoms in total. The van der Waals surface area contributed by atoms with E-state index in [1.165, 1.54) is 0 Å². The normalized spacial score (nSPS) is 18.9. The quantitative estimate of drug-likeness (QED) is 0.723. The average molecular weight is 402 g/mol. The van der Waals surface area contributed by atoms with Gasteiger partial charge in [0.05, 0.1) is 30.5 Å². The van der Waals surface area contributed by atoms with Gasteiger partial charge in [0.15, 0.2) is 5.78 Å². The van der Waals surface area contributed by atoms with Crippen molar-refractivity contribution in [3.05, 3.63) is 71.7 Å². The van der Waals surface area contributed by atoms with Crippen molar-refractivity contribution in [2.45, 2.75) is 18.8 Å². The van der Waals surface area contributed by atoms with Crippen LogP contribution in [0.2, 0.25) is 0 Å². The summed E-state index contributed by atoms with van der Waals surface area (Å²) in [4.78, 5) is 29.7. The van der Waals surface area contributed by atoms with Gasteiger partial charge >= 0.3 is 0 Å². The van der Waals surface area contributed by atoms with E-state index >= 15 is 0 Å². The lowest BCUT2D eigenvalue weighted by molar-refractivity contribution is -0.364. The number of hydrogen-bond acceptors (Lipinski definition) is 6. The number of rotatable bonds is 3. The van der Waals surface area contributed by atoms with E-state index in [0.29, 0.717) is 24.4 Å². The van der Waals surface area contributed by atoms with Crippen molar-refractivity contribution in [2.75, 3.05) is 36.0 Å². The summed E-state index contributed by atoms with van der Waals surface area (Å²) in [6, 6.07) is 13.3. The Kier molecular flexibility index (Phi) is 4.78. The molecule has 1 fully saturated rings. The number of hydrogen-bond donors (Lipinski definition) is 1. The van der Waals surface area contributed by atoms with Crippen molar-refractivity contribution in [3.63, 3.8) is 0 Å². The van der Waals surface area contributed by atoms with Crippen molar-refractivity contribution in [2.24, 2.45) is 0 Å². The Morgan fingerprint density at radius 3 is 2.50 bits per heavy atom. The van der Waals surface area contributed by atoms with Crippen LogP contribution in [0.3, 0.4) is 0 Å². The monoisotopic (exact) mass is 402 g/mol. The molecule has 0 bridgehead atoms. The zero-order valence-corrected chi connectivity index (χ0v) is 16.7. The summed E-state index contributed by atoms with van der Waals surface area (Å²) in [5.41, 5.74) is 2.20. The molecule has 1 aliphatic carbocycles. The Labute approximate surface area is 175 Å². The number of aromatic amines is 1. The summed E-state index contributed by atoms with van der Waals surface area (Å²) in [5, 5.41) is 10.2. The van der Waals surface area contributed by atoms with Gasteiger partial charge in [-0.25, -0.2) is 15.0 Å². The maximum atomic E-state index is 12.7. The molecule has 2 aliphatic rings. The molecule has 1 aliphatic heterocycles. The zero-order chi connectivity index (χ0) is 20.5. The van der Waals surface area contributed by atoms with Gasteiger partial charge in [-0.15, -0.1) is 0 Å². The molecule has 0 saturated carbocycles. The van der Waals surface area contributed by atoms with Crippen molar-refractivity contribution >= 4 is 17.5 Å². The molecule has 0 unspecified atom stereocenters. The number of ketones is 1. The second kappa shape index (κ2) is 7.74. The Balaban J connectivity index is 1.34. The molecular formula is C23H24N5O2+. The zero-order valence-electron chi connectivity index (χ0n) is 16.7. The highest BCUT2D eigenvalue weighted by Gasteiger charge is 2.31. The lowest BCUT2D eigenvalue weighted by Crippen LogP contribution is -2.48. The number of H-pyrrole nitrogens is 1. The fourth-order valence-corrected chi connectivity index (χ4v) is 4.37. The number of nitrogens with zero attached hydrogens (tertiary/aromatic N) is 4. The average Bonchev–Trinajstić information content (AvgIpc) is 2.80. The number of phenolic OH excluding ortho intramolecular Hbond substituents is 1. The summed E-state index contributed by atoms with van der Waals surface area (Å²) in [7, 11) is 0. The minimum Gasteiger partial charge on any atom is -0.508 e. The van der Waals surface area contributed by atoms with Crippen molar-refractivity contribution < 1.29 is 14.9 Å². The van der Waals surface area contributed by atoms with Crippen molar-refractivity contribution in [1.82, 2.24) is 9.97 Å². The Morgan fingerprint density at radius 2 is 1.73 bits per heavy atom. The summed E-state index contributed by atoms with van der Waals surface area (Å²) in [6.07, 6.45) is 4.62. The second-order valence-electron chi connectivity index (χ2n) is 7.84. The first-order valence-corrected chi connectivity index (χ1v) is 10.3. The van der Waals surface area contributed by atoms with Gasteiger partial charge in [0, 0.05) is 24.6 Å². The smallest absolute Gasteiger partial charge is 0.274 e. The molecule has 0 spiro atoms. The van der Waals surface area contributed by atoms with E-state index in [1.807, 2.05) is 30.5 Å². The van der Waals surface area contributed by atoms with Gasteiger partial charge in [-0.1, -0.05) is 24.3 Å². The number of Topliss-reactive ketones (excluding diaryl/α,β-unsaturated/α-hetero) is 1. The number of pyridine rings is 1. The van der Waals surface area contributed by atoms with Crippen molar-refractivity contribution in [1.29, 1.82) is 0 Å². The maximum absolute atomic E-state index is 12.7. The number of aromatic nitrogens is 3. The van der Waals surface area contributed by atoms with E-state index in [2.05, 4.69) is 25.8 Å². The van der Waals surface area contributed by atoms with Gasteiger partial charge < -0.3 is 10.0 Å². The number of anilines is 2. The molecule has 0 radical (unpaired) electrons. The van der Waals surface area contributed by atoms with Gasteiger partial charge in [-0.2, -0.15) is 0 Å². The Bertz CT molecular complexity index is 1060. The van der Waals surface area contributed by atoms with Gasteiger partial charge in [0.1, 0.15) is 18.8 Å². The molecular weight excluding hydrogens is 378 g/mol. The van der Waals surface area contributed by atoms with Crippen LogP contribution in [0.4, 0.5) is 11.8 Å². The number of aromatic hydroxyl groups is 1. The van der Waals surface area contributed by atoms with Crippen LogP contribution in [0.15, 0.2) is 54.9 Å². The van der Waals surface area contributed by atoms with Gasteiger partial charge in [0.25, 0.3) is 5.82 Å². The van der Waals surface area contributed by atoms with Crippen LogP contribution < -0.4 is 14.8 Å². The first kappa shape index (κ1) is 18.5. The molecule has 30 heavy (non-hydrogen) atoms. The number of phenols is 1. The van der Waals surface area contributed by atoms with E-state index in [1.54, 1.807) is 18.3 Å². The molecule has 0 amide bonds. The lowest BCUT2D eigenvalue weighted by Gasteiger charge is -2.31. The molecule has 2 N–H and O–H groups in total. The van der Waals surface area contributed by atoms with Gasteiger partial charge in [0.2, 0.25) is 5.95 Å². The molecule has 1 aromatic carbocycles. The summed E-state index contributed by atoms with van der Waals surface area (Å²) < 4.78 is 0. The first-order chi connectivity index (χ1) is 14.7. The predicted molar refractivity (Wildman–Crippen MR) is 113 cm³/mol. The number of benzene rings is 1. The summed E-state index contributed by atoms with van der Waals surface area (Å²) >= 11 is 0. The van der Waals surface area contributed by atoms with Crippen LogP contribution >= 0.6 is 0 Å². The second-order valence-corrected chi connectivity index (χ2v) is 7.84. The van der Waals surface area contributed by atoms with Crippen LogP contribution in [0.1, 0.15) is 34.0 Å². The molecule has 1 atom stereocenters. The first-order valence-electron chi connectivity index (χ1n) is 10.3. The van der Waals surface area contributed by atoms with Crippen LogP contribution in [0.25, 0.3) is 0 Å². The molecule has 1 saturated heterocycles. The highest BCUT2D eigenvalue weighted by molar-refractivity contribution is 5.98. The van der Waals surface area contributed by atoms with Gasteiger partial charge in [-0.05, 0) is 24.1 Å². The minimum atomic E-state index is -0.0561. The molecule has 7 heteroatoms. The molecule has 3 aromatic rings. The number of para-hydroxylation sites is 1. The minimum absolute atomic E-state index is 0.0421. The van der Waals surface area contributed by atoms with E-state index < -0.39 is 0 Å². The predicted octanol–water partition coefficient (Wildman–Crippen LogP) is 2.24. The highest BCUT2D eigenvalue weighted by atomic mass is 16.3. The Morgan fingerprint density at radius 1 is 0.967 bits per heavy atom. The third-order valence-electron chi connectivity index (χ3n) is 6.00. The van der Waals surface area contributed by atoms with Crippen LogP contribution in [0, 0.1) is 0 Å². The number of piperazine rings is 1. The van der Waals surface area contributed by atoms with E-state index in [9.17, 15) is 9.90 Å². The number of fused-ring (bicyclic) bond motifs is 1. The SMILES string of the molecule is O=C1C[C@H](c2ccccc2O)Cc2nc(N3CCN(c4cccc[nH+]4)CC3)ncc21. The molecule has 5 rings (SSSR count). The van der Waals surface area contributed by atoms with Crippen LogP contribution in [-0.4, -0.2) is 47.0 Å². The number of carbonyl (C=O) groups is 1. The fourth-order valence-electron chi connectivity index (χ4n) is 4.37. The van der Waals surface area contributed by atoms with E-state index in [-0.39, 0.29) is 17.5 Å².